The van der Waals surface area contributed by atoms with Crippen LogP contribution < -0.4 is 10.9 Å². The Bertz CT molecular complexity index is 1130. The molecule has 4 rings (SSSR count). The second-order valence-corrected chi connectivity index (χ2v) is 9.61. The van der Waals surface area contributed by atoms with E-state index in [1.807, 2.05) is 0 Å². The molecule has 1 saturated heterocycles. The number of hydrogen-bond acceptors (Lipinski definition) is 5. The van der Waals surface area contributed by atoms with E-state index in [0.29, 0.717) is 11.3 Å². The number of halogens is 1. The molecule has 0 aliphatic carbocycles. The molecule has 30 heavy (non-hydrogen) atoms. The van der Waals surface area contributed by atoms with Gasteiger partial charge in [-0.05, 0) is 23.8 Å². The molecular weight excluding hydrogens is 413 g/mol. The lowest BCUT2D eigenvalue weighted by molar-refractivity contribution is -0.127. The zero-order valence-electron chi connectivity index (χ0n) is 16.2. The number of sulfonamides is 1. The maximum Gasteiger partial charge on any atom is 0.250 e. The molecule has 10 heteroatoms. The number of benzene rings is 1. The minimum Gasteiger partial charge on any atom is -0.396 e. The van der Waals surface area contributed by atoms with E-state index >= 15 is 0 Å². The van der Waals surface area contributed by atoms with Crippen molar-refractivity contribution in [1.82, 2.24) is 14.2 Å². The molecular formula is C20H22FN3O5S. The zero-order valence-corrected chi connectivity index (χ0v) is 17.0. The van der Waals surface area contributed by atoms with Gasteiger partial charge in [-0.15, -0.1) is 0 Å². The summed E-state index contributed by atoms with van der Waals surface area (Å²) in [5, 5.41) is 12.8. The van der Waals surface area contributed by atoms with Crippen LogP contribution in [-0.2, 0) is 27.9 Å². The highest BCUT2D eigenvalue weighted by Gasteiger charge is 2.58. The fraction of sp³-hybridized carbons (Fsp3) is 0.400. The van der Waals surface area contributed by atoms with Gasteiger partial charge in [0.2, 0.25) is 15.9 Å². The summed E-state index contributed by atoms with van der Waals surface area (Å²) in [6, 6.07) is 8.63. The van der Waals surface area contributed by atoms with Crippen LogP contribution in [0.2, 0.25) is 0 Å². The third kappa shape index (κ3) is 3.44. The largest absolute Gasteiger partial charge is 0.396 e. The average Bonchev–Trinajstić information content (AvgIpc) is 2.96. The van der Waals surface area contributed by atoms with E-state index in [1.165, 1.54) is 33.1 Å². The van der Waals surface area contributed by atoms with Crippen molar-refractivity contribution in [3.8, 4) is 0 Å². The van der Waals surface area contributed by atoms with Gasteiger partial charge >= 0.3 is 0 Å². The zero-order chi connectivity index (χ0) is 21.6. The number of aromatic nitrogens is 1. The van der Waals surface area contributed by atoms with E-state index in [-0.39, 0.29) is 24.5 Å². The Morgan fingerprint density at radius 3 is 2.57 bits per heavy atom. The number of carbonyl (C=O) groups is 1. The summed E-state index contributed by atoms with van der Waals surface area (Å²) in [7, 11) is -3.71. The van der Waals surface area contributed by atoms with Gasteiger partial charge in [-0.3, -0.25) is 9.59 Å². The lowest BCUT2D eigenvalue weighted by Gasteiger charge is -2.36. The third-order valence-corrected chi connectivity index (χ3v) is 7.19. The summed E-state index contributed by atoms with van der Waals surface area (Å²) in [5.41, 5.74) is 0.838. The quantitative estimate of drug-likeness (QED) is 0.699. The highest BCUT2D eigenvalue weighted by atomic mass is 32.2. The molecule has 160 valence electrons. The normalized spacial score (nSPS) is 25.7. The van der Waals surface area contributed by atoms with Crippen molar-refractivity contribution < 1.29 is 22.7 Å². The van der Waals surface area contributed by atoms with E-state index in [4.69, 9.17) is 0 Å². The molecule has 2 aliphatic heterocycles. The van der Waals surface area contributed by atoms with Crippen molar-refractivity contribution in [3.63, 3.8) is 0 Å². The molecule has 2 aliphatic rings. The van der Waals surface area contributed by atoms with Crippen LogP contribution in [0, 0.1) is 17.7 Å². The van der Waals surface area contributed by atoms with E-state index in [2.05, 4.69) is 5.32 Å². The Morgan fingerprint density at radius 1 is 1.23 bits per heavy atom. The Kier molecular flexibility index (Phi) is 5.25. The molecule has 2 bridgehead atoms. The van der Waals surface area contributed by atoms with Crippen LogP contribution in [0.4, 0.5) is 4.39 Å². The number of pyridine rings is 1. The number of aliphatic hydroxyl groups is 1. The highest BCUT2D eigenvalue weighted by Crippen LogP contribution is 2.49. The van der Waals surface area contributed by atoms with E-state index < -0.39 is 46.5 Å². The Hall–Kier alpha value is -2.56. The first-order valence-electron chi connectivity index (χ1n) is 9.53. The van der Waals surface area contributed by atoms with Gasteiger partial charge in [0, 0.05) is 43.4 Å². The van der Waals surface area contributed by atoms with Gasteiger partial charge in [0.05, 0.1) is 18.2 Å². The number of carbonyl (C=O) groups excluding carboxylic acids is 1. The van der Waals surface area contributed by atoms with Gasteiger partial charge in [0.25, 0.3) is 5.56 Å². The maximum absolute atomic E-state index is 13.2. The fourth-order valence-electron chi connectivity index (χ4n) is 4.67. The monoisotopic (exact) mass is 435 g/mol. The summed E-state index contributed by atoms with van der Waals surface area (Å²) < 4.78 is 41.0. The molecule has 2 aromatic rings. The van der Waals surface area contributed by atoms with E-state index in [1.54, 1.807) is 18.2 Å². The highest BCUT2D eigenvalue weighted by molar-refractivity contribution is 7.88. The summed E-state index contributed by atoms with van der Waals surface area (Å²) >= 11 is 0. The Labute approximate surface area is 173 Å². The van der Waals surface area contributed by atoms with Crippen molar-refractivity contribution in [2.75, 3.05) is 12.9 Å². The van der Waals surface area contributed by atoms with Gasteiger partial charge in [0.15, 0.2) is 0 Å². The first-order valence-corrected chi connectivity index (χ1v) is 11.4. The summed E-state index contributed by atoms with van der Waals surface area (Å²) in [5.74, 6) is -2.35. The van der Waals surface area contributed by atoms with E-state index in [0.717, 1.165) is 6.26 Å². The number of fused-ring (bicyclic) bond motifs is 4. The van der Waals surface area contributed by atoms with Crippen molar-refractivity contribution in [2.45, 2.75) is 25.2 Å². The molecule has 2 N–H and O–H groups in total. The predicted molar refractivity (Wildman–Crippen MR) is 106 cm³/mol. The summed E-state index contributed by atoms with van der Waals surface area (Å²) in [6.45, 7) is -0.193. The van der Waals surface area contributed by atoms with Gasteiger partial charge in [-0.1, -0.05) is 18.2 Å². The maximum atomic E-state index is 13.2. The average molecular weight is 435 g/mol. The van der Waals surface area contributed by atoms with Crippen molar-refractivity contribution >= 4 is 15.9 Å². The fourth-order valence-corrected chi connectivity index (χ4v) is 6.04. The van der Waals surface area contributed by atoms with Gasteiger partial charge in [0.1, 0.15) is 5.82 Å². The van der Waals surface area contributed by atoms with Gasteiger partial charge in [-0.2, -0.15) is 4.31 Å². The second kappa shape index (κ2) is 7.60. The lowest BCUT2D eigenvalue weighted by atomic mass is 9.86. The molecule has 8 nitrogen and oxygen atoms in total. The Balaban J connectivity index is 1.71. The third-order valence-electron chi connectivity index (χ3n) is 5.93. The topological polar surface area (TPSA) is 109 Å². The molecule has 0 unspecified atom stereocenters. The van der Waals surface area contributed by atoms with Crippen molar-refractivity contribution in [3.05, 3.63) is 69.9 Å². The van der Waals surface area contributed by atoms with Crippen LogP contribution in [0.3, 0.4) is 0 Å². The number of hydrogen-bond donors (Lipinski definition) is 2. The minimum atomic E-state index is -3.71. The van der Waals surface area contributed by atoms with Crippen LogP contribution in [0.5, 0.6) is 0 Å². The van der Waals surface area contributed by atoms with Gasteiger partial charge in [-0.25, -0.2) is 12.8 Å². The standard InChI is InChI=1S/C20H22FN3O5S/c1-30(28,29)24-16-10-23-15(3-2-4-17(23)26)19(24)18(14(16)11-25)20(27)22-9-12-5-7-13(21)8-6-12/h2-8,14,16,18-19,25H,9-11H2,1H3,(H,22,27)/t14-,16-,18+,19+/m0/s1. The number of nitrogens with zero attached hydrogens (tertiary/aromatic N) is 2. The van der Waals surface area contributed by atoms with Gasteiger partial charge < -0.3 is 15.0 Å². The summed E-state index contributed by atoms with van der Waals surface area (Å²) in [6.07, 6.45) is 1.07. The summed E-state index contributed by atoms with van der Waals surface area (Å²) in [4.78, 5) is 25.5. The molecule has 1 amide bonds. The Morgan fingerprint density at radius 2 is 1.93 bits per heavy atom. The lowest BCUT2D eigenvalue weighted by Crippen LogP contribution is -2.48. The number of amides is 1. The van der Waals surface area contributed by atoms with Crippen LogP contribution in [0.15, 0.2) is 47.3 Å². The number of rotatable bonds is 5. The molecule has 4 atom stereocenters. The van der Waals surface area contributed by atoms with E-state index in [9.17, 15) is 27.5 Å². The van der Waals surface area contributed by atoms with Crippen LogP contribution in [0.25, 0.3) is 0 Å². The van der Waals surface area contributed by atoms with Crippen molar-refractivity contribution in [1.29, 1.82) is 0 Å². The minimum absolute atomic E-state index is 0.0749. The second-order valence-electron chi connectivity index (χ2n) is 7.72. The molecule has 0 saturated carbocycles. The van der Waals surface area contributed by atoms with Crippen LogP contribution >= 0.6 is 0 Å². The molecule has 0 radical (unpaired) electrons. The first kappa shape index (κ1) is 20.7. The number of nitrogens with one attached hydrogen (secondary N) is 1. The smallest absolute Gasteiger partial charge is 0.250 e. The van der Waals surface area contributed by atoms with Crippen LogP contribution in [0.1, 0.15) is 17.3 Å². The molecule has 3 heterocycles. The van der Waals surface area contributed by atoms with Crippen LogP contribution in [-0.4, -0.2) is 47.2 Å². The van der Waals surface area contributed by atoms with Crippen molar-refractivity contribution in [2.24, 2.45) is 11.8 Å². The predicted octanol–water partition coefficient (Wildman–Crippen LogP) is 0.227. The first-order chi connectivity index (χ1) is 14.2. The number of aliphatic hydroxyl groups excluding tert-OH is 1. The molecule has 1 aromatic carbocycles. The molecule has 1 fully saturated rings. The molecule has 1 aromatic heterocycles. The SMILES string of the molecule is CS(=O)(=O)N1[C@@H]2c3cccc(=O)n3C[C@H]1[C@H](CO)[C@H]2C(=O)NCc1ccc(F)cc1. The molecule has 0 spiro atoms.